The lowest BCUT2D eigenvalue weighted by molar-refractivity contribution is -0.138. The van der Waals surface area contributed by atoms with Crippen LogP contribution >= 0.6 is 12.6 Å². The van der Waals surface area contributed by atoms with Gasteiger partial charge < -0.3 is 10.4 Å². The largest absolute Gasteiger partial charge is 0.480 e. The third-order valence-corrected chi connectivity index (χ3v) is 4.38. The zero-order chi connectivity index (χ0) is 17.8. The summed E-state index contributed by atoms with van der Waals surface area (Å²) in [6.07, 6.45) is 2.46. The molecule has 1 aliphatic rings. The first kappa shape index (κ1) is 17.1. The van der Waals surface area contributed by atoms with Crippen molar-refractivity contribution in [2.75, 3.05) is 10.7 Å². The first-order chi connectivity index (χ1) is 12.1. The van der Waals surface area contributed by atoms with Gasteiger partial charge in [0.05, 0.1) is 5.69 Å². The van der Waals surface area contributed by atoms with E-state index in [1.54, 1.807) is 24.3 Å². The number of hydrogen-bond acceptors (Lipinski definition) is 4. The molecule has 25 heavy (non-hydrogen) atoms. The summed E-state index contributed by atoms with van der Waals surface area (Å²) in [7, 11) is 0. The van der Waals surface area contributed by atoms with Gasteiger partial charge in [-0.3, -0.25) is 9.69 Å². The van der Waals surface area contributed by atoms with Gasteiger partial charge in [0.25, 0.3) is 5.91 Å². The first-order valence-electron chi connectivity index (χ1n) is 7.89. The molecule has 1 amide bonds. The Bertz CT molecular complexity index is 820. The molecule has 0 saturated heterocycles. The minimum Gasteiger partial charge on any atom is -0.480 e. The molecule has 0 aliphatic carbocycles. The lowest BCUT2D eigenvalue weighted by atomic mass is 10.0. The molecule has 0 spiro atoms. The average molecular weight is 354 g/mol. The maximum absolute atomic E-state index is 13.1. The Kier molecular flexibility index (Phi) is 5.09. The van der Waals surface area contributed by atoms with Crippen LogP contribution in [0.3, 0.4) is 0 Å². The number of anilines is 1. The number of carbonyl (C=O) groups is 2. The van der Waals surface area contributed by atoms with E-state index in [9.17, 15) is 14.7 Å². The fourth-order valence-corrected chi connectivity index (χ4v) is 2.99. The zero-order valence-electron chi connectivity index (χ0n) is 13.4. The van der Waals surface area contributed by atoms with Crippen molar-refractivity contribution in [3.8, 4) is 0 Å². The predicted octanol–water partition coefficient (Wildman–Crippen LogP) is 2.70. The summed E-state index contributed by atoms with van der Waals surface area (Å²) in [6.45, 7) is 0. The molecule has 5 nitrogen and oxygen atoms in total. The number of nitrogens with zero attached hydrogens (tertiary/aromatic N) is 1. The first-order valence-corrected chi connectivity index (χ1v) is 8.53. The van der Waals surface area contributed by atoms with Gasteiger partial charge in [-0.15, -0.1) is 0 Å². The Labute approximate surface area is 151 Å². The minimum atomic E-state index is -1.01. The number of carboxylic acids is 1. The second-order valence-electron chi connectivity index (χ2n) is 5.65. The molecular weight excluding hydrogens is 336 g/mol. The van der Waals surface area contributed by atoms with Crippen molar-refractivity contribution >= 4 is 30.2 Å². The second-order valence-corrected chi connectivity index (χ2v) is 6.01. The van der Waals surface area contributed by atoms with E-state index in [2.05, 4.69) is 17.9 Å². The Morgan fingerprint density at radius 3 is 2.48 bits per heavy atom. The summed E-state index contributed by atoms with van der Waals surface area (Å²) in [6, 6.07) is 15.6. The molecule has 1 aliphatic heterocycles. The molecule has 0 unspecified atom stereocenters. The van der Waals surface area contributed by atoms with Crippen LogP contribution in [0.1, 0.15) is 15.9 Å². The molecule has 6 heteroatoms. The van der Waals surface area contributed by atoms with Crippen LogP contribution in [0, 0.1) is 0 Å². The molecule has 1 heterocycles. The highest BCUT2D eigenvalue weighted by Crippen LogP contribution is 2.30. The van der Waals surface area contributed by atoms with Gasteiger partial charge in [0.2, 0.25) is 0 Å². The highest BCUT2D eigenvalue weighted by Gasteiger charge is 2.29. The molecule has 128 valence electrons. The number of fused-ring (bicyclic) bond motifs is 1. The molecule has 2 aromatic carbocycles. The summed E-state index contributed by atoms with van der Waals surface area (Å²) in [5.74, 6) is -0.646. The lowest BCUT2D eigenvalue weighted by Gasteiger charge is -2.32. The standard InChI is InChI=1S/C19H18N2O3S/c22-18(14-7-2-1-3-8-14)21-16-9-5-4-6-13(16)10-11-17(21)20-15(12-25)19(23)24/h1-9,11,15,20,25H,10,12H2,(H,23,24)/t15-/m1/s1. The van der Waals surface area contributed by atoms with Crippen LogP contribution in [-0.4, -0.2) is 28.8 Å². The van der Waals surface area contributed by atoms with E-state index in [1.165, 1.54) is 4.90 Å². The van der Waals surface area contributed by atoms with Gasteiger partial charge in [-0.05, 0) is 36.3 Å². The van der Waals surface area contributed by atoms with E-state index in [0.717, 1.165) is 11.3 Å². The van der Waals surface area contributed by atoms with Crippen LogP contribution in [-0.2, 0) is 11.2 Å². The van der Waals surface area contributed by atoms with Crippen molar-refractivity contribution in [3.05, 3.63) is 77.6 Å². The molecule has 2 aromatic rings. The lowest BCUT2D eigenvalue weighted by Crippen LogP contribution is -2.46. The number of rotatable bonds is 5. The number of aliphatic carboxylic acids is 1. The van der Waals surface area contributed by atoms with Crippen molar-refractivity contribution in [1.82, 2.24) is 5.32 Å². The number of hydrogen-bond donors (Lipinski definition) is 3. The molecular formula is C19H18N2O3S. The fourth-order valence-electron chi connectivity index (χ4n) is 2.75. The van der Waals surface area contributed by atoms with Gasteiger partial charge in [0.1, 0.15) is 11.9 Å². The second kappa shape index (κ2) is 7.44. The molecule has 1 atom stereocenters. The van der Waals surface area contributed by atoms with Gasteiger partial charge in [0, 0.05) is 11.3 Å². The smallest absolute Gasteiger partial charge is 0.327 e. The van der Waals surface area contributed by atoms with Crippen molar-refractivity contribution in [2.24, 2.45) is 0 Å². The van der Waals surface area contributed by atoms with Gasteiger partial charge in [-0.2, -0.15) is 12.6 Å². The van der Waals surface area contributed by atoms with Crippen LogP contribution in [0.25, 0.3) is 0 Å². The predicted molar refractivity (Wildman–Crippen MR) is 99.9 cm³/mol. The Balaban J connectivity index is 2.01. The number of amides is 1. The summed E-state index contributed by atoms with van der Waals surface area (Å²) >= 11 is 4.09. The summed E-state index contributed by atoms with van der Waals surface area (Å²) < 4.78 is 0. The number of nitrogens with one attached hydrogen (secondary N) is 1. The zero-order valence-corrected chi connectivity index (χ0v) is 14.3. The van der Waals surface area contributed by atoms with Crippen molar-refractivity contribution in [1.29, 1.82) is 0 Å². The van der Waals surface area contributed by atoms with Gasteiger partial charge in [0.15, 0.2) is 0 Å². The van der Waals surface area contributed by atoms with Gasteiger partial charge in [-0.25, -0.2) is 4.79 Å². The topological polar surface area (TPSA) is 69.6 Å². The summed E-state index contributed by atoms with van der Waals surface area (Å²) in [4.78, 5) is 26.0. The van der Waals surface area contributed by atoms with Gasteiger partial charge in [-0.1, -0.05) is 36.4 Å². The van der Waals surface area contributed by atoms with Crippen molar-refractivity contribution in [3.63, 3.8) is 0 Å². The molecule has 0 fully saturated rings. The van der Waals surface area contributed by atoms with Gasteiger partial charge >= 0.3 is 5.97 Å². The highest BCUT2D eigenvalue weighted by molar-refractivity contribution is 7.80. The maximum Gasteiger partial charge on any atom is 0.327 e. The van der Waals surface area contributed by atoms with Crippen molar-refractivity contribution in [2.45, 2.75) is 12.5 Å². The highest BCUT2D eigenvalue weighted by atomic mass is 32.1. The molecule has 3 rings (SSSR count). The van der Waals surface area contributed by atoms with E-state index >= 15 is 0 Å². The van der Waals surface area contributed by atoms with Crippen molar-refractivity contribution < 1.29 is 14.7 Å². The molecule has 0 radical (unpaired) electrons. The Morgan fingerprint density at radius 2 is 1.80 bits per heavy atom. The Morgan fingerprint density at radius 1 is 1.12 bits per heavy atom. The number of carboxylic acid groups (broad SMARTS) is 1. The normalized spacial score (nSPS) is 14.3. The average Bonchev–Trinajstić information content (AvgIpc) is 2.65. The number of benzene rings is 2. The van der Waals surface area contributed by atoms with Crippen LogP contribution < -0.4 is 10.2 Å². The summed E-state index contributed by atoms with van der Waals surface area (Å²) in [5, 5.41) is 12.2. The fraction of sp³-hybridized carbons (Fsp3) is 0.158. The number of para-hydroxylation sites is 1. The van der Waals surface area contributed by atoms with E-state index < -0.39 is 12.0 Å². The quantitative estimate of drug-likeness (QED) is 0.722. The molecule has 0 bridgehead atoms. The molecule has 2 N–H and O–H groups in total. The van der Waals surface area contributed by atoms with Crippen LogP contribution in [0.5, 0.6) is 0 Å². The van der Waals surface area contributed by atoms with Crippen LogP contribution in [0.2, 0.25) is 0 Å². The SMILES string of the molecule is O=C(O)[C@@H](CS)NC1=CCc2ccccc2N1C(=O)c1ccccc1. The van der Waals surface area contributed by atoms with Crippen LogP contribution in [0.15, 0.2) is 66.5 Å². The third kappa shape index (κ3) is 3.53. The minimum absolute atomic E-state index is 0.113. The monoisotopic (exact) mass is 354 g/mol. The van der Waals surface area contributed by atoms with E-state index in [4.69, 9.17) is 0 Å². The Hall–Kier alpha value is -2.73. The summed E-state index contributed by atoms with van der Waals surface area (Å²) in [5.41, 5.74) is 2.30. The number of carbonyl (C=O) groups excluding carboxylic acids is 1. The van der Waals surface area contributed by atoms with E-state index in [-0.39, 0.29) is 11.7 Å². The number of thiol groups is 1. The van der Waals surface area contributed by atoms with Crippen LogP contribution in [0.4, 0.5) is 5.69 Å². The number of allylic oxidation sites excluding steroid dienone is 1. The third-order valence-electron chi connectivity index (χ3n) is 4.02. The molecule has 0 saturated carbocycles. The van der Waals surface area contributed by atoms with E-state index in [0.29, 0.717) is 17.8 Å². The maximum atomic E-state index is 13.1. The molecule has 0 aromatic heterocycles. The van der Waals surface area contributed by atoms with E-state index in [1.807, 2.05) is 36.4 Å².